The van der Waals surface area contributed by atoms with E-state index in [0.717, 1.165) is 42.1 Å². The molecule has 0 saturated heterocycles. The zero-order valence-electron chi connectivity index (χ0n) is 16.1. The SMILES string of the molecule is CCCOc1ccc(CNCc2cn(C)nc2-c2ccc([N+](=O)[O-])cc2)cc1. The molecule has 0 aliphatic heterocycles. The Morgan fingerprint density at radius 2 is 1.82 bits per heavy atom. The Morgan fingerprint density at radius 3 is 2.46 bits per heavy atom. The van der Waals surface area contributed by atoms with Crippen molar-refractivity contribution < 1.29 is 9.66 Å². The average molecular weight is 380 g/mol. The number of rotatable bonds is 9. The Morgan fingerprint density at radius 1 is 1.11 bits per heavy atom. The van der Waals surface area contributed by atoms with Gasteiger partial charge in [-0.3, -0.25) is 14.8 Å². The van der Waals surface area contributed by atoms with Crippen molar-refractivity contribution in [3.8, 4) is 17.0 Å². The Bertz CT molecular complexity index is 918. The molecule has 2 aromatic carbocycles. The Hall–Kier alpha value is -3.19. The molecular weight excluding hydrogens is 356 g/mol. The number of nitro groups is 1. The number of non-ortho nitro benzene ring substituents is 1. The molecule has 1 aromatic heterocycles. The molecular formula is C21H24N4O3. The average Bonchev–Trinajstić information content (AvgIpc) is 3.08. The maximum Gasteiger partial charge on any atom is 0.269 e. The fourth-order valence-corrected chi connectivity index (χ4v) is 2.92. The Kier molecular flexibility index (Phi) is 6.39. The van der Waals surface area contributed by atoms with Crippen molar-refractivity contribution in [1.29, 1.82) is 0 Å². The molecule has 3 rings (SSSR count). The molecule has 7 heteroatoms. The Balaban J connectivity index is 1.63. The molecule has 28 heavy (non-hydrogen) atoms. The van der Waals surface area contributed by atoms with Crippen LogP contribution >= 0.6 is 0 Å². The number of nitrogens with zero attached hydrogens (tertiary/aromatic N) is 3. The second-order valence-electron chi connectivity index (χ2n) is 6.58. The van der Waals surface area contributed by atoms with Crippen LogP contribution < -0.4 is 10.1 Å². The molecule has 0 saturated carbocycles. The van der Waals surface area contributed by atoms with Crippen LogP contribution in [0.3, 0.4) is 0 Å². The van der Waals surface area contributed by atoms with Crippen LogP contribution in [0.15, 0.2) is 54.7 Å². The van der Waals surface area contributed by atoms with E-state index in [-0.39, 0.29) is 5.69 Å². The summed E-state index contributed by atoms with van der Waals surface area (Å²) in [5.41, 5.74) is 3.98. The highest BCUT2D eigenvalue weighted by Gasteiger charge is 2.12. The first-order valence-electron chi connectivity index (χ1n) is 9.26. The summed E-state index contributed by atoms with van der Waals surface area (Å²) in [5, 5.41) is 18.8. The van der Waals surface area contributed by atoms with Crippen molar-refractivity contribution in [2.24, 2.45) is 7.05 Å². The minimum absolute atomic E-state index is 0.0747. The zero-order valence-corrected chi connectivity index (χ0v) is 16.1. The molecule has 3 aromatic rings. The van der Waals surface area contributed by atoms with E-state index in [1.807, 2.05) is 25.4 Å². The molecule has 0 fully saturated rings. The van der Waals surface area contributed by atoms with E-state index in [1.54, 1.807) is 16.8 Å². The maximum atomic E-state index is 10.8. The van der Waals surface area contributed by atoms with E-state index in [1.165, 1.54) is 17.7 Å². The molecule has 0 amide bonds. The van der Waals surface area contributed by atoms with Gasteiger partial charge in [-0.05, 0) is 36.2 Å². The molecule has 0 unspecified atom stereocenters. The lowest BCUT2D eigenvalue weighted by molar-refractivity contribution is -0.384. The highest BCUT2D eigenvalue weighted by Crippen LogP contribution is 2.24. The largest absolute Gasteiger partial charge is 0.494 e. The highest BCUT2D eigenvalue weighted by molar-refractivity contribution is 5.64. The van der Waals surface area contributed by atoms with Crippen LogP contribution in [-0.2, 0) is 20.1 Å². The highest BCUT2D eigenvalue weighted by atomic mass is 16.6. The second kappa shape index (κ2) is 9.14. The van der Waals surface area contributed by atoms with Crippen molar-refractivity contribution in [3.05, 3.63) is 76.0 Å². The van der Waals surface area contributed by atoms with Gasteiger partial charge in [0.25, 0.3) is 5.69 Å². The standard InChI is InChI=1S/C21H24N4O3/c1-3-12-28-20-10-4-16(5-11-20)13-22-14-18-15-24(2)23-21(18)17-6-8-19(9-7-17)25(26)27/h4-11,15,22H,3,12-14H2,1-2H3. The van der Waals surface area contributed by atoms with E-state index in [9.17, 15) is 10.1 Å². The minimum Gasteiger partial charge on any atom is -0.494 e. The van der Waals surface area contributed by atoms with Gasteiger partial charge in [-0.25, -0.2) is 0 Å². The summed E-state index contributed by atoms with van der Waals surface area (Å²) in [6, 6.07) is 14.6. The van der Waals surface area contributed by atoms with E-state index >= 15 is 0 Å². The molecule has 0 bridgehead atoms. The fraction of sp³-hybridized carbons (Fsp3) is 0.286. The number of benzene rings is 2. The number of aromatic nitrogens is 2. The van der Waals surface area contributed by atoms with E-state index < -0.39 is 4.92 Å². The van der Waals surface area contributed by atoms with Crippen LogP contribution in [0.2, 0.25) is 0 Å². The molecule has 0 aliphatic carbocycles. The number of hydrogen-bond acceptors (Lipinski definition) is 5. The van der Waals surface area contributed by atoms with Gasteiger partial charge < -0.3 is 10.1 Å². The van der Waals surface area contributed by atoms with Gasteiger partial charge in [-0.15, -0.1) is 0 Å². The van der Waals surface area contributed by atoms with E-state index in [4.69, 9.17) is 4.74 Å². The quantitative estimate of drug-likeness (QED) is 0.447. The summed E-state index contributed by atoms with van der Waals surface area (Å²) < 4.78 is 7.36. The molecule has 0 spiro atoms. The third-order valence-electron chi connectivity index (χ3n) is 4.30. The normalized spacial score (nSPS) is 10.8. The van der Waals surface area contributed by atoms with Gasteiger partial charge in [0.15, 0.2) is 0 Å². The van der Waals surface area contributed by atoms with Crippen LogP contribution in [0.25, 0.3) is 11.3 Å². The predicted octanol–water partition coefficient (Wildman–Crippen LogP) is 4.07. The lowest BCUT2D eigenvalue weighted by Gasteiger charge is -2.08. The van der Waals surface area contributed by atoms with Gasteiger partial charge in [-0.2, -0.15) is 5.10 Å². The molecule has 1 N–H and O–H groups in total. The van der Waals surface area contributed by atoms with Gasteiger partial charge in [0.2, 0.25) is 0 Å². The lowest BCUT2D eigenvalue weighted by atomic mass is 10.1. The number of aryl methyl sites for hydroxylation is 1. The predicted molar refractivity (Wildman–Crippen MR) is 108 cm³/mol. The van der Waals surface area contributed by atoms with Crippen molar-refractivity contribution in [2.75, 3.05) is 6.61 Å². The van der Waals surface area contributed by atoms with Gasteiger partial charge in [0.1, 0.15) is 5.75 Å². The number of hydrogen-bond donors (Lipinski definition) is 1. The topological polar surface area (TPSA) is 82.2 Å². The van der Waals surface area contributed by atoms with Crippen LogP contribution in [0.4, 0.5) is 5.69 Å². The lowest BCUT2D eigenvalue weighted by Crippen LogP contribution is -2.12. The van der Waals surface area contributed by atoms with E-state index in [2.05, 4.69) is 29.5 Å². The zero-order chi connectivity index (χ0) is 19.9. The monoisotopic (exact) mass is 380 g/mol. The molecule has 0 aliphatic rings. The first kappa shape index (κ1) is 19.6. The van der Waals surface area contributed by atoms with Crippen molar-refractivity contribution in [1.82, 2.24) is 15.1 Å². The van der Waals surface area contributed by atoms with Crippen LogP contribution in [0.5, 0.6) is 5.75 Å². The maximum absolute atomic E-state index is 10.8. The number of ether oxygens (including phenoxy) is 1. The molecule has 146 valence electrons. The van der Waals surface area contributed by atoms with Gasteiger partial charge >= 0.3 is 0 Å². The van der Waals surface area contributed by atoms with Crippen molar-refractivity contribution in [2.45, 2.75) is 26.4 Å². The second-order valence-corrected chi connectivity index (χ2v) is 6.58. The molecule has 7 nitrogen and oxygen atoms in total. The molecule has 1 heterocycles. The molecule has 0 radical (unpaired) electrons. The third-order valence-corrected chi connectivity index (χ3v) is 4.30. The summed E-state index contributed by atoms with van der Waals surface area (Å²) in [7, 11) is 1.87. The first-order chi connectivity index (χ1) is 13.6. The smallest absolute Gasteiger partial charge is 0.269 e. The van der Waals surface area contributed by atoms with Crippen LogP contribution in [0, 0.1) is 10.1 Å². The first-order valence-corrected chi connectivity index (χ1v) is 9.26. The third kappa shape index (κ3) is 4.95. The summed E-state index contributed by atoms with van der Waals surface area (Å²) in [4.78, 5) is 10.4. The molecule has 0 atom stereocenters. The van der Waals surface area contributed by atoms with Crippen LogP contribution in [0.1, 0.15) is 24.5 Å². The van der Waals surface area contributed by atoms with E-state index in [0.29, 0.717) is 6.54 Å². The summed E-state index contributed by atoms with van der Waals surface area (Å²) in [5.74, 6) is 0.887. The summed E-state index contributed by atoms with van der Waals surface area (Å²) >= 11 is 0. The van der Waals surface area contributed by atoms with Gasteiger partial charge in [0, 0.05) is 49.6 Å². The van der Waals surface area contributed by atoms with Crippen molar-refractivity contribution >= 4 is 5.69 Å². The summed E-state index contributed by atoms with van der Waals surface area (Å²) in [6.07, 6.45) is 2.96. The van der Waals surface area contributed by atoms with Gasteiger partial charge in [0.05, 0.1) is 17.2 Å². The van der Waals surface area contributed by atoms with Crippen molar-refractivity contribution in [3.63, 3.8) is 0 Å². The summed E-state index contributed by atoms with van der Waals surface area (Å²) in [6.45, 7) is 4.18. The van der Waals surface area contributed by atoms with Gasteiger partial charge in [-0.1, -0.05) is 19.1 Å². The minimum atomic E-state index is -0.400. The number of nitro benzene ring substituents is 1. The fourth-order valence-electron chi connectivity index (χ4n) is 2.92. The Labute approximate surface area is 164 Å². The van der Waals surface area contributed by atoms with Crippen LogP contribution in [-0.4, -0.2) is 21.3 Å². The number of nitrogens with one attached hydrogen (secondary N) is 1.